The lowest BCUT2D eigenvalue weighted by molar-refractivity contribution is -0.119. The molecule has 0 aliphatic carbocycles. The fourth-order valence-corrected chi connectivity index (χ4v) is 2.97. The number of carbonyl (C=O) groups is 1. The summed E-state index contributed by atoms with van der Waals surface area (Å²) >= 11 is 3.45. The number of nitrogens with one attached hydrogen (secondary N) is 1. The van der Waals surface area contributed by atoms with Gasteiger partial charge < -0.3 is 20.2 Å². The minimum absolute atomic E-state index is 0.232. The first-order valence-corrected chi connectivity index (χ1v) is 8.65. The summed E-state index contributed by atoms with van der Waals surface area (Å²) in [5.41, 5.74) is 6.11. The first-order valence-electron chi connectivity index (χ1n) is 7.86. The lowest BCUT2D eigenvalue weighted by Gasteiger charge is -2.14. The standard InChI is InChI=1S/C18H16BrN3O4/c1-2-25-14-7-11(12(19)8-15(14)26-9-16(20)23)17-21-13-6-4-3-5-10(13)18(24)22-17/h3-8H,2,9H2,1H3,(H2,20,23)(H,21,22,24). The van der Waals surface area contributed by atoms with Gasteiger partial charge >= 0.3 is 0 Å². The van der Waals surface area contributed by atoms with Crippen LogP contribution in [0.25, 0.3) is 22.3 Å². The number of nitrogens with zero attached hydrogens (tertiary/aromatic N) is 1. The van der Waals surface area contributed by atoms with Crippen molar-refractivity contribution in [3.05, 3.63) is 51.2 Å². The minimum Gasteiger partial charge on any atom is -0.490 e. The van der Waals surface area contributed by atoms with Crippen LogP contribution in [0.15, 0.2) is 45.7 Å². The summed E-state index contributed by atoms with van der Waals surface area (Å²) in [6, 6.07) is 10.4. The van der Waals surface area contributed by atoms with Crippen molar-refractivity contribution in [1.29, 1.82) is 0 Å². The Hall–Kier alpha value is -2.87. The van der Waals surface area contributed by atoms with Gasteiger partial charge in [0.25, 0.3) is 11.5 Å². The number of carbonyl (C=O) groups excluding carboxylic acids is 1. The van der Waals surface area contributed by atoms with Gasteiger partial charge in [-0.05, 0) is 47.1 Å². The van der Waals surface area contributed by atoms with Gasteiger partial charge in [-0.25, -0.2) is 4.98 Å². The predicted octanol–water partition coefficient (Wildman–Crippen LogP) is 2.62. The molecule has 0 aliphatic rings. The van der Waals surface area contributed by atoms with Crippen molar-refractivity contribution in [2.24, 2.45) is 5.73 Å². The molecule has 0 atom stereocenters. The number of fused-ring (bicyclic) bond motifs is 1. The zero-order valence-electron chi connectivity index (χ0n) is 13.9. The zero-order valence-corrected chi connectivity index (χ0v) is 15.5. The number of ether oxygens (including phenoxy) is 2. The molecule has 0 unspecified atom stereocenters. The molecule has 0 saturated carbocycles. The SMILES string of the molecule is CCOc1cc(-c2nc3ccccc3c(=O)[nH]2)c(Br)cc1OCC(N)=O. The quantitative estimate of drug-likeness (QED) is 0.640. The maximum atomic E-state index is 12.3. The number of primary amides is 1. The Labute approximate surface area is 157 Å². The van der Waals surface area contributed by atoms with Gasteiger partial charge in [0.15, 0.2) is 18.1 Å². The second kappa shape index (κ2) is 7.57. The van der Waals surface area contributed by atoms with Crippen LogP contribution in [0.4, 0.5) is 0 Å². The topological polar surface area (TPSA) is 107 Å². The van der Waals surface area contributed by atoms with Crippen LogP contribution in [-0.2, 0) is 4.79 Å². The molecule has 7 nitrogen and oxygen atoms in total. The molecule has 8 heteroatoms. The van der Waals surface area contributed by atoms with Crippen molar-refractivity contribution in [3.63, 3.8) is 0 Å². The van der Waals surface area contributed by atoms with E-state index in [1.54, 1.807) is 30.3 Å². The first-order chi connectivity index (χ1) is 12.5. The number of halogens is 1. The Morgan fingerprint density at radius 1 is 1.23 bits per heavy atom. The number of aromatic amines is 1. The van der Waals surface area contributed by atoms with Crippen LogP contribution in [0.5, 0.6) is 11.5 Å². The van der Waals surface area contributed by atoms with Crippen LogP contribution in [0, 0.1) is 0 Å². The van der Waals surface area contributed by atoms with Crippen LogP contribution in [0.1, 0.15) is 6.92 Å². The van der Waals surface area contributed by atoms with E-state index >= 15 is 0 Å². The van der Waals surface area contributed by atoms with Crippen molar-refractivity contribution in [2.45, 2.75) is 6.92 Å². The van der Waals surface area contributed by atoms with Gasteiger partial charge in [0, 0.05) is 10.0 Å². The van der Waals surface area contributed by atoms with E-state index in [1.807, 2.05) is 13.0 Å². The molecule has 1 heterocycles. The van der Waals surface area contributed by atoms with Crippen molar-refractivity contribution < 1.29 is 14.3 Å². The molecule has 0 saturated heterocycles. The van der Waals surface area contributed by atoms with Gasteiger partial charge in [0.1, 0.15) is 5.82 Å². The Morgan fingerprint density at radius 2 is 1.96 bits per heavy atom. The van der Waals surface area contributed by atoms with E-state index in [1.165, 1.54) is 0 Å². The number of hydrogen-bond acceptors (Lipinski definition) is 5. The number of hydrogen-bond donors (Lipinski definition) is 2. The first kappa shape index (κ1) is 17.9. The van der Waals surface area contributed by atoms with Gasteiger partial charge in [-0.1, -0.05) is 12.1 Å². The van der Waals surface area contributed by atoms with Gasteiger partial charge in [0.2, 0.25) is 0 Å². The molecule has 0 aliphatic heterocycles. The monoisotopic (exact) mass is 417 g/mol. The highest BCUT2D eigenvalue weighted by molar-refractivity contribution is 9.10. The van der Waals surface area contributed by atoms with Crippen molar-refractivity contribution in [3.8, 4) is 22.9 Å². The number of aromatic nitrogens is 2. The molecule has 3 N–H and O–H groups in total. The van der Waals surface area contributed by atoms with E-state index < -0.39 is 5.91 Å². The number of nitrogens with two attached hydrogens (primary N) is 1. The molecule has 134 valence electrons. The lowest BCUT2D eigenvalue weighted by Crippen LogP contribution is -2.20. The second-order valence-corrected chi connectivity index (χ2v) is 6.25. The summed E-state index contributed by atoms with van der Waals surface area (Å²) in [5, 5.41) is 0.513. The summed E-state index contributed by atoms with van der Waals surface area (Å²) in [6.07, 6.45) is 0. The molecule has 0 bridgehead atoms. The third kappa shape index (κ3) is 3.70. The van der Waals surface area contributed by atoms with Crippen molar-refractivity contribution in [1.82, 2.24) is 9.97 Å². The summed E-state index contributed by atoms with van der Waals surface area (Å²) in [7, 11) is 0. The van der Waals surface area contributed by atoms with Crippen LogP contribution in [-0.4, -0.2) is 29.1 Å². The van der Waals surface area contributed by atoms with Crippen LogP contribution >= 0.6 is 15.9 Å². The Balaban J connectivity index is 2.11. The van der Waals surface area contributed by atoms with E-state index in [4.69, 9.17) is 15.2 Å². The maximum absolute atomic E-state index is 12.3. The van der Waals surface area contributed by atoms with Crippen LogP contribution < -0.4 is 20.8 Å². The van der Waals surface area contributed by atoms with E-state index in [-0.39, 0.29) is 12.2 Å². The third-order valence-corrected chi connectivity index (χ3v) is 4.23. The molecule has 3 aromatic rings. The highest BCUT2D eigenvalue weighted by Gasteiger charge is 2.15. The van der Waals surface area contributed by atoms with E-state index in [9.17, 15) is 9.59 Å². The van der Waals surface area contributed by atoms with Gasteiger partial charge in [-0.2, -0.15) is 0 Å². The zero-order chi connectivity index (χ0) is 18.7. The molecule has 26 heavy (non-hydrogen) atoms. The van der Waals surface area contributed by atoms with Gasteiger partial charge in [-0.15, -0.1) is 0 Å². The van der Waals surface area contributed by atoms with Crippen molar-refractivity contribution in [2.75, 3.05) is 13.2 Å². The molecule has 0 fully saturated rings. The number of amides is 1. The molecule has 0 radical (unpaired) electrons. The van der Waals surface area contributed by atoms with E-state index in [0.717, 1.165) is 0 Å². The Morgan fingerprint density at radius 3 is 2.69 bits per heavy atom. The summed E-state index contributed by atoms with van der Waals surface area (Å²) in [6.45, 7) is 1.96. The smallest absolute Gasteiger partial charge is 0.259 e. The minimum atomic E-state index is -0.590. The fourth-order valence-electron chi connectivity index (χ4n) is 2.46. The molecule has 3 rings (SSSR count). The highest BCUT2D eigenvalue weighted by Crippen LogP contribution is 2.37. The Bertz CT molecular complexity index is 1030. The average Bonchev–Trinajstić information content (AvgIpc) is 2.61. The normalized spacial score (nSPS) is 10.7. The molecule has 1 amide bonds. The number of benzene rings is 2. The number of para-hydroxylation sites is 1. The lowest BCUT2D eigenvalue weighted by atomic mass is 10.1. The summed E-state index contributed by atoms with van der Waals surface area (Å²) < 4.78 is 11.6. The molecular formula is C18H16BrN3O4. The summed E-state index contributed by atoms with van der Waals surface area (Å²) in [4.78, 5) is 30.6. The summed E-state index contributed by atoms with van der Waals surface area (Å²) in [5.74, 6) is 0.586. The molecular weight excluding hydrogens is 402 g/mol. The van der Waals surface area contributed by atoms with Gasteiger partial charge in [0.05, 0.1) is 17.5 Å². The maximum Gasteiger partial charge on any atom is 0.259 e. The molecule has 1 aromatic heterocycles. The molecule has 2 aromatic carbocycles. The average molecular weight is 418 g/mol. The van der Waals surface area contributed by atoms with E-state index in [2.05, 4.69) is 25.9 Å². The highest BCUT2D eigenvalue weighted by atomic mass is 79.9. The second-order valence-electron chi connectivity index (χ2n) is 5.40. The number of H-pyrrole nitrogens is 1. The Kier molecular flexibility index (Phi) is 5.22. The fraction of sp³-hybridized carbons (Fsp3) is 0.167. The largest absolute Gasteiger partial charge is 0.490 e. The van der Waals surface area contributed by atoms with Crippen molar-refractivity contribution >= 4 is 32.7 Å². The molecule has 0 spiro atoms. The van der Waals surface area contributed by atoms with Crippen LogP contribution in [0.3, 0.4) is 0 Å². The third-order valence-electron chi connectivity index (χ3n) is 3.57. The van der Waals surface area contributed by atoms with Crippen LogP contribution in [0.2, 0.25) is 0 Å². The predicted molar refractivity (Wildman–Crippen MR) is 101 cm³/mol. The van der Waals surface area contributed by atoms with Gasteiger partial charge in [-0.3, -0.25) is 9.59 Å². The van der Waals surface area contributed by atoms with E-state index in [0.29, 0.717) is 44.9 Å². The number of rotatable bonds is 6.